The van der Waals surface area contributed by atoms with Gasteiger partial charge in [0.05, 0.1) is 0 Å². The molecule has 0 atom stereocenters. The number of aryl methyl sites for hydroxylation is 1. The first-order valence-electron chi connectivity index (χ1n) is 8.89. The molecule has 3 aromatic rings. The molecule has 0 aliphatic rings. The highest BCUT2D eigenvalue weighted by Gasteiger charge is 2.09. The summed E-state index contributed by atoms with van der Waals surface area (Å²) in [6, 6.07) is 16.6. The van der Waals surface area contributed by atoms with Crippen LogP contribution in [0.4, 0.5) is 0 Å². The van der Waals surface area contributed by atoms with Gasteiger partial charge in [-0.2, -0.15) is 0 Å². The van der Waals surface area contributed by atoms with Crippen LogP contribution in [0.3, 0.4) is 0 Å². The van der Waals surface area contributed by atoms with E-state index in [1.165, 1.54) is 0 Å². The predicted octanol–water partition coefficient (Wildman–Crippen LogP) is 4.20. The SMILES string of the molecule is Cc1ccc(C(=O)c2ccn(CC=Cc3cccc(OCC(=O)O)c3)c2)cc1. The molecule has 0 amide bonds. The van der Waals surface area contributed by atoms with Gasteiger partial charge in [0.25, 0.3) is 0 Å². The molecule has 0 saturated carbocycles. The van der Waals surface area contributed by atoms with Crippen LogP contribution in [0.2, 0.25) is 0 Å². The minimum atomic E-state index is -1.01. The molecule has 2 aromatic carbocycles. The maximum absolute atomic E-state index is 12.5. The van der Waals surface area contributed by atoms with E-state index in [-0.39, 0.29) is 12.4 Å². The summed E-state index contributed by atoms with van der Waals surface area (Å²) in [6.07, 6.45) is 7.60. The molecule has 5 heteroatoms. The second-order valence-electron chi connectivity index (χ2n) is 6.45. The number of aromatic nitrogens is 1. The van der Waals surface area contributed by atoms with Gasteiger partial charge in [-0.3, -0.25) is 4.79 Å². The van der Waals surface area contributed by atoms with Crippen molar-refractivity contribution in [1.82, 2.24) is 4.57 Å². The zero-order chi connectivity index (χ0) is 19.9. The fourth-order valence-electron chi connectivity index (χ4n) is 2.72. The number of nitrogens with zero attached hydrogens (tertiary/aromatic N) is 1. The van der Waals surface area contributed by atoms with Crippen LogP contribution < -0.4 is 4.74 Å². The van der Waals surface area contributed by atoms with E-state index in [0.29, 0.717) is 23.4 Å². The topological polar surface area (TPSA) is 68.5 Å². The van der Waals surface area contributed by atoms with Crippen molar-refractivity contribution in [3.8, 4) is 5.75 Å². The van der Waals surface area contributed by atoms with Crippen molar-refractivity contribution in [2.75, 3.05) is 6.61 Å². The van der Waals surface area contributed by atoms with Crippen LogP contribution in [-0.4, -0.2) is 28.0 Å². The molecule has 142 valence electrons. The van der Waals surface area contributed by atoms with Crippen LogP contribution in [-0.2, 0) is 11.3 Å². The van der Waals surface area contributed by atoms with Gasteiger partial charge in [0.2, 0.25) is 0 Å². The number of ketones is 1. The third kappa shape index (κ3) is 5.20. The third-order valence-corrected chi connectivity index (χ3v) is 4.17. The van der Waals surface area contributed by atoms with E-state index in [0.717, 1.165) is 11.1 Å². The highest BCUT2D eigenvalue weighted by molar-refractivity contribution is 6.08. The Morgan fingerprint density at radius 3 is 2.61 bits per heavy atom. The Morgan fingerprint density at radius 2 is 1.86 bits per heavy atom. The Bertz CT molecular complexity index is 999. The van der Waals surface area contributed by atoms with Gasteiger partial charge in [-0.1, -0.05) is 54.1 Å². The van der Waals surface area contributed by atoms with E-state index in [1.807, 2.05) is 78.5 Å². The minimum absolute atomic E-state index is 0.00556. The van der Waals surface area contributed by atoms with Crippen LogP contribution in [0, 0.1) is 6.92 Å². The van der Waals surface area contributed by atoms with Crippen LogP contribution in [0.1, 0.15) is 27.0 Å². The van der Waals surface area contributed by atoms with Gasteiger partial charge < -0.3 is 14.4 Å². The first-order chi connectivity index (χ1) is 13.5. The number of carbonyl (C=O) groups is 2. The molecule has 0 spiro atoms. The zero-order valence-electron chi connectivity index (χ0n) is 15.5. The molecule has 0 bridgehead atoms. The van der Waals surface area contributed by atoms with Crippen molar-refractivity contribution in [1.29, 1.82) is 0 Å². The molecule has 0 aliphatic carbocycles. The summed E-state index contributed by atoms with van der Waals surface area (Å²) in [5, 5.41) is 8.67. The van der Waals surface area contributed by atoms with Gasteiger partial charge in [0.1, 0.15) is 5.75 Å². The number of allylic oxidation sites excluding steroid dienone is 1. The van der Waals surface area contributed by atoms with Gasteiger partial charge >= 0.3 is 5.97 Å². The lowest BCUT2D eigenvalue weighted by atomic mass is 10.0. The second-order valence-corrected chi connectivity index (χ2v) is 6.45. The minimum Gasteiger partial charge on any atom is -0.482 e. The smallest absolute Gasteiger partial charge is 0.341 e. The van der Waals surface area contributed by atoms with Gasteiger partial charge in [-0.15, -0.1) is 0 Å². The quantitative estimate of drug-likeness (QED) is 0.599. The number of ether oxygens (including phenoxy) is 1. The van der Waals surface area contributed by atoms with Crippen LogP contribution in [0.5, 0.6) is 5.75 Å². The summed E-state index contributed by atoms with van der Waals surface area (Å²) in [5.74, 6) is -0.493. The highest BCUT2D eigenvalue weighted by atomic mass is 16.5. The molecule has 5 nitrogen and oxygen atoms in total. The summed E-state index contributed by atoms with van der Waals surface area (Å²) < 4.78 is 7.11. The van der Waals surface area contributed by atoms with Gasteiger partial charge in [-0.25, -0.2) is 4.79 Å². The van der Waals surface area contributed by atoms with Gasteiger partial charge in [0, 0.05) is 30.1 Å². The zero-order valence-corrected chi connectivity index (χ0v) is 15.5. The Balaban J connectivity index is 1.61. The molecule has 1 aromatic heterocycles. The Morgan fingerprint density at radius 1 is 1.07 bits per heavy atom. The first kappa shape index (κ1) is 19.2. The maximum atomic E-state index is 12.5. The number of benzene rings is 2. The monoisotopic (exact) mass is 375 g/mol. The van der Waals surface area contributed by atoms with Crippen LogP contribution >= 0.6 is 0 Å². The van der Waals surface area contributed by atoms with Crippen molar-refractivity contribution >= 4 is 17.8 Å². The normalized spacial score (nSPS) is 10.9. The lowest BCUT2D eigenvalue weighted by Gasteiger charge is -2.03. The summed E-state index contributed by atoms with van der Waals surface area (Å²) in [6.45, 7) is 2.24. The van der Waals surface area contributed by atoms with Crippen molar-refractivity contribution in [2.45, 2.75) is 13.5 Å². The van der Waals surface area contributed by atoms with Gasteiger partial charge in [0.15, 0.2) is 12.4 Å². The number of hydrogen-bond donors (Lipinski definition) is 1. The molecular weight excluding hydrogens is 354 g/mol. The van der Waals surface area contributed by atoms with Crippen molar-refractivity contribution in [3.63, 3.8) is 0 Å². The fraction of sp³-hybridized carbons (Fsp3) is 0.130. The van der Waals surface area contributed by atoms with E-state index in [9.17, 15) is 9.59 Å². The number of rotatable bonds is 8. The molecule has 3 rings (SSSR count). The number of carbonyl (C=O) groups excluding carboxylic acids is 1. The number of hydrogen-bond acceptors (Lipinski definition) is 3. The standard InChI is InChI=1S/C23H21NO4/c1-17-7-9-19(10-8-17)23(27)20-11-13-24(15-20)12-3-5-18-4-2-6-21(14-18)28-16-22(25)26/h2-11,13-15H,12,16H2,1H3,(H,25,26). The summed E-state index contributed by atoms with van der Waals surface area (Å²) in [5.41, 5.74) is 3.36. The number of carboxylic acid groups (broad SMARTS) is 1. The van der Waals surface area contributed by atoms with E-state index in [2.05, 4.69) is 0 Å². The Kier molecular flexibility index (Phi) is 6.07. The molecule has 28 heavy (non-hydrogen) atoms. The van der Waals surface area contributed by atoms with Crippen LogP contribution in [0.15, 0.2) is 73.1 Å². The highest BCUT2D eigenvalue weighted by Crippen LogP contribution is 2.15. The van der Waals surface area contributed by atoms with E-state index in [1.54, 1.807) is 12.1 Å². The Labute approximate surface area is 163 Å². The van der Waals surface area contributed by atoms with Crippen molar-refractivity contribution in [3.05, 3.63) is 95.3 Å². The van der Waals surface area contributed by atoms with Gasteiger partial charge in [-0.05, 0) is 30.7 Å². The molecule has 1 N–H and O–H groups in total. The van der Waals surface area contributed by atoms with Crippen molar-refractivity contribution in [2.24, 2.45) is 0 Å². The average Bonchev–Trinajstić information content (AvgIpc) is 3.16. The predicted molar refractivity (Wildman–Crippen MR) is 108 cm³/mol. The molecule has 0 aliphatic heterocycles. The summed E-state index contributed by atoms with van der Waals surface area (Å²) in [7, 11) is 0. The lowest BCUT2D eigenvalue weighted by Crippen LogP contribution is -2.09. The van der Waals surface area contributed by atoms with E-state index < -0.39 is 5.97 Å². The summed E-state index contributed by atoms with van der Waals surface area (Å²) >= 11 is 0. The van der Waals surface area contributed by atoms with Crippen molar-refractivity contribution < 1.29 is 19.4 Å². The third-order valence-electron chi connectivity index (χ3n) is 4.17. The largest absolute Gasteiger partial charge is 0.482 e. The Hall–Kier alpha value is -3.60. The average molecular weight is 375 g/mol. The molecule has 0 saturated heterocycles. The lowest BCUT2D eigenvalue weighted by molar-refractivity contribution is -0.139. The molecule has 0 radical (unpaired) electrons. The van der Waals surface area contributed by atoms with E-state index >= 15 is 0 Å². The van der Waals surface area contributed by atoms with E-state index in [4.69, 9.17) is 9.84 Å². The maximum Gasteiger partial charge on any atom is 0.341 e. The fourth-order valence-corrected chi connectivity index (χ4v) is 2.72. The molecule has 1 heterocycles. The number of aliphatic carboxylic acids is 1. The first-order valence-corrected chi connectivity index (χ1v) is 8.89. The molecule has 0 fully saturated rings. The summed E-state index contributed by atoms with van der Waals surface area (Å²) in [4.78, 5) is 23.1. The molecule has 0 unspecified atom stereocenters. The second kappa shape index (κ2) is 8.86. The van der Waals surface area contributed by atoms with Crippen LogP contribution in [0.25, 0.3) is 6.08 Å². The molecular formula is C23H21NO4. The number of carboxylic acids is 1.